The minimum absolute atomic E-state index is 0.0873. The first-order valence-corrected chi connectivity index (χ1v) is 10.1. The molecule has 0 saturated heterocycles. The van der Waals surface area contributed by atoms with Gasteiger partial charge in [-0.25, -0.2) is 4.68 Å². The standard InChI is InChI=1S/C19H29N5O2S/c1-13(2)10-23(11-14(3)4)17(25)12-27-19-22-21-18(24(19)20)15-8-6-7-9-16(15)26-5/h6-9,13-14H,10-12,20H2,1-5H3. The Morgan fingerprint density at radius 3 is 2.41 bits per heavy atom. The van der Waals surface area contributed by atoms with Crippen molar-refractivity contribution in [3.63, 3.8) is 0 Å². The number of nitrogen functional groups attached to an aromatic ring is 1. The SMILES string of the molecule is COc1ccccc1-c1nnc(SCC(=O)N(CC(C)C)CC(C)C)n1N. The largest absolute Gasteiger partial charge is 0.496 e. The van der Waals surface area contributed by atoms with Crippen molar-refractivity contribution in [2.24, 2.45) is 11.8 Å². The summed E-state index contributed by atoms with van der Waals surface area (Å²) in [6, 6.07) is 7.49. The van der Waals surface area contributed by atoms with E-state index in [1.807, 2.05) is 29.2 Å². The predicted octanol–water partition coefficient (Wildman–Crippen LogP) is 2.90. The molecule has 7 nitrogen and oxygen atoms in total. The zero-order valence-electron chi connectivity index (χ0n) is 16.7. The fourth-order valence-electron chi connectivity index (χ4n) is 2.77. The zero-order chi connectivity index (χ0) is 20.0. The Morgan fingerprint density at radius 2 is 1.81 bits per heavy atom. The molecule has 1 heterocycles. The van der Waals surface area contributed by atoms with E-state index < -0.39 is 0 Å². The van der Waals surface area contributed by atoms with Crippen molar-refractivity contribution < 1.29 is 9.53 Å². The second kappa shape index (κ2) is 9.64. The van der Waals surface area contributed by atoms with Crippen LogP contribution in [0.15, 0.2) is 29.4 Å². The average molecular weight is 392 g/mol. The van der Waals surface area contributed by atoms with Gasteiger partial charge in [-0.1, -0.05) is 51.6 Å². The van der Waals surface area contributed by atoms with Crippen LogP contribution in [0.25, 0.3) is 11.4 Å². The van der Waals surface area contributed by atoms with E-state index in [4.69, 9.17) is 10.6 Å². The highest BCUT2D eigenvalue weighted by Crippen LogP contribution is 2.29. The molecule has 1 aromatic carbocycles. The summed E-state index contributed by atoms with van der Waals surface area (Å²) in [6.07, 6.45) is 0. The number of amides is 1. The van der Waals surface area contributed by atoms with Gasteiger partial charge in [0.1, 0.15) is 5.75 Å². The number of methoxy groups -OCH3 is 1. The number of ether oxygens (including phenoxy) is 1. The first kappa shape index (κ1) is 21.1. The Balaban J connectivity index is 2.10. The quantitative estimate of drug-likeness (QED) is 0.522. The zero-order valence-corrected chi connectivity index (χ0v) is 17.5. The third kappa shape index (κ3) is 5.63. The van der Waals surface area contributed by atoms with Crippen molar-refractivity contribution in [3.8, 4) is 17.1 Å². The number of hydrogen-bond acceptors (Lipinski definition) is 6. The van der Waals surface area contributed by atoms with Crippen molar-refractivity contribution in [3.05, 3.63) is 24.3 Å². The lowest BCUT2D eigenvalue weighted by Crippen LogP contribution is -2.38. The number of aromatic nitrogens is 3. The van der Waals surface area contributed by atoms with E-state index >= 15 is 0 Å². The van der Waals surface area contributed by atoms with E-state index in [1.165, 1.54) is 16.4 Å². The molecule has 8 heteroatoms. The lowest BCUT2D eigenvalue weighted by Gasteiger charge is -2.26. The molecule has 0 saturated carbocycles. The predicted molar refractivity (Wildman–Crippen MR) is 109 cm³/mol. The molecule has 0 aliphatic heterocycles. The van der Waals surface area contributed by atoms with Crippen LogP contribution in [0.5, 0.6) is 5.75 Å². The third-order valence-corrected chi connectivity index (χ3v) is 4.79. The van der Waals surface area contributed by atoms with Gasteiger partial charge in [0.05, 0.1) is 18.4 Å². The van der Waals surface area contributed by atoms with E-state index in [9.17, 15) is 4.79 Å². The summed E-state index contributed by atoms with van der Waals surface area (Å²) in [7, 11) is 1.60. The molecule has 2 N–H and O–H groups in total. The number of rotatable bonds is 9. The Labute approximate surface area is 165 Å². The monoisotopic (exact) mass is 391 g/mol. The van der Waals surface area contributed by atoms with Crippen LogP contribution in [-0.2, 0) is 4.79 Å². The van der Waals surface area contributed by atoms with Crippen LogP contribution in [0.1, 0.15) is 27.7 Å². The fraction of sp³-hybridized carbons (Fsp3) is 0.526. The molecular formula is C19H29N5O2S. The molecule has 0 bridgehead atoms. The first-order chi connectivity index (χ1) is 12.8. The molecule has 0 aliphatic rings. The van der Waals surface area contributed by atoms with Crippen molar-refractivity contribution in [2.45, 2.75) is 32.9 Å². The van der Waals surface area contributed by atoms with Crippen LogP contribution < -0.4 is 10.6 Å². The Hall–Kier alpha value is -2.22. The van der Waals surface area contributed by atoms with Crippen molar-refractivity contribution >= 4 is 17.7 Å². The molecule has 1 aromatic heterocycles. The number of hydrogen-bond donors (Lipinski definition) is 1. The van der Waals surface area contributed by atoms with Gasteiger partial charge < -0.3 is 15.5 Å². The number of benzene rings is 1. The fourth-order valence-corrected chi connectivity index (χ4v) is 3.53. The number of thioether (sulfide) groups is 1. The third-order valence-electron chi connectivity index (χ3n) is 3.86. The maximum atomic E-state index is 12.7. The summed E-state index contributed by atoms with van der Waals surface area (Å²) in [5, 5.41) is 8.82. The second-order valence-corrected chi connectivity index (χ2v) is 8.19. The Kier molecular flexibility index (Phi) is 7.53. The molecule has 27 heavy (non-hydrogen) atoms. The average Bonchev–Trinajstić information content (AvgIpc) is 2.98. The molecule has 0 atom stereocenters. The van der Waals surface area contributed by atoms with E-state index in [-0.39, 0.29) is 11.7 Å². The van der Waals surface area contributed by atoms with Crippen LogP contribution in [0.3, 0.4) is 0 Å². The Bertz CT molecular complexity index is 750. The molecule has 0 radical (unpaired) electrons. The number of nitrogens with two attached hydrogens (primary N) is 1. The maximum Gasteiger partial charge on any atom is 0.233 e. The molecule has 0 fully saturated rings. The normalized spacial score (nSPS) is 11.2. The number of carbonyl (C=O) groups is 1. The van der Waals surface area contributed by atoms with Crippen LogP contribution >= 0.6 is 11.8 Å². The molecule has 0 aliphatic carbocycles. The van der Waals surface area contributed by atoms with Crippen LogP contribution in [-0.4, -0.2) is 51.6 Å². The molecule has 148 valence electrons. The lowest BCUT2D eigenvalue weighted by atomic mass is 10.1. The van der Waals surface area contributed by atoms with Gasteiger partial charge in [0.15, 0.2) is 5.82 Å². The van der Waals surface area contributed by atoms with Gasteiger partial charge in [0, 0.05) is 13.1 Å². The van der Waals surface area contributed by atoms with Gasteiger partial charge in [-0.15, -0.1) is 10.2 Å². The van der Waals surface area contributed by atoms with Gasteiger partial charge in [0.2, 0.25) is 11.1 Å². The van der Waals surface area contributed by atoms with Gasteiger partial charge in [-0.2, -0.15) is 0 Å². The highest BCUT2D eigenvalue weighted by Gasteiger charge is 2.20. The summed E-state index contributed by atoms with van der Waals surface area (Å²) in [4.78, 5) is 14.6. The number of carbonyl (C=O) groups excluding carboxylic acids is 1. The molecule has 0 spiro atoms. The van der Waals surface area contributed by atoms with Crippen molar-refractivity contribution in [1.82, 2.24) is 19.8 Å². The van der Waals surface area contributed by atoms with Gasteiger partial charge in [-0.05, 0) is 24.0 Å². The highest BCUT2D eigenvalue weighted by atomic mass is 32.2. The Morgan fingerprint density at radius 1 is 1.19 bits per heavy atom. The number of nitrogens with zero attached hydrogens (tertiary/aromatic N) is 4. The minimum atomic E-state index is 0.0873. The van der Waals surface area contributed by atoms with Gasteiger partial charge in [-0.3, -0.25) is 4.79 Å². The van der Waals surface area contributed by atoms with E-state index in [0.717, 1.165) is 18.7 Å². The number of para-hydroxylation sites is 1. The summed E-state index contributed by atoms with van der Waals surface area (Å²) in [5.41, 5.74) is 0.759. The lowest BCUT2D eigenvalue weighted by molar-refractivity contribution is -0.129. The molecular weight excluding hydrogens is 362 g/mol. The molecule has 0 unspecified atom stereocenters. The van der Waals surface area contributed by atoms with Crippen LogP contribution in [0.2, 0.25) is 0 Å². The van der Waals surface area contributed by atoms with E-state index in [2.05, 4.69) is 37.9 Å². The van der Waals surface area contributed by atoms with Crippen LogP contribution in [0, 0.1) is 11.8 Å². The van der Waals surface area contributed by atoms with Crippen molar-refractivity contribution in [2.75, 3.05) is 31.8 Å². The maximum absolute atomic E-state index is 12.7. The first-order valence-electron chi connectivity index (χ1n) is 9.07. The second-order valence-electron chi connectivity index (χ2n) is 7.25. The summed E-state index contributed by atoms with van der Waals surface area (Å²) >= 11 is 1.30. The summed E-state index contributed by atoms with van der Waals surface area (Å²) < 4.78 is 6.77. The van der Waals surface area contributed by atoms with E-state index in [1.54, 1.807) is 7.11 Å². The molecule has 2 rings (SSSR count). The van der Waals surface area contributed by atoms with Crippen LogP contribution in [0.4, 0.5) is 0 Å². The smallest absolute Gasteiger partial charge is 0.233 e. The summed E-state index contributed by atoms with van der Waals surface area (Å²) in [5.74, 6) is 8.56. The highest BCUT2D eigenvalue weighted by molar-refractivity contribution is 7.99. The molecule has 1 amide bonds. The topological polar surface area (TPSA) is 86.3 Å². The van der Waals surface area contributed by atoms with E-state index in [0.29, 0.717) is 28.6 Å². The van der Waals surface area contributed by atoms with Gasteiger partial charge in [0.25, 0.3) is 0 Å². The molecule has 2 aromatic rings. The summed E-state index contributed by atoms with van der Waals surface area (Å²) in [6.45, 7) is 9.96. The van der Waals surface area contributed by atoms with Crippen molar-refractivity contribution in [1.29, 1.82) is 0 Å². The van der Waals surface area contributed by atoms with Gasteiger partial charge >= 0.3 is 0 Å². The minimum Gasteiger partial charge on any atom is -0.496 e.